The van der Waals surface area contributed by atoms with Crippen molar-refractivity contribution in [2.75, 3.05) is 25.1 Å². The number of carbonyl (C=O) groups is 2. The second-order valence-electron chi connectivity index (χ2n) is 11.4. The lowest BCUT2D eigenvalue weighted by Crippen LogP contribution is -2.38. The Labute approximate surface area is 269 Å². The number of cyclic esters (lactones) is 1. The van der Waals surface area contributed by atoms with Gasteiger partial charge in [-0.05, 0) is 79.6 Å². The summed E-state index contributed by atoms with van der Waals surface area (Å²) in [4.78, 5) is 32.6. The number of alkyl halides is 6. The van der Waals surface area contributed by atoms with Crippen molar-refractivity contribution in [2.24, 2.45) is 0 Å². The van der Waals surface area contributed by atoms with Crippen molar-refractivity contribution >= 4 is 17.9 Å². The molecule has 4 heterocycles. The molecule has 2 fully saturated rings. The van der Waals surface area contributed by atoms with Crippen molar-refractivity contribution in [2.45, 2.75) is 44.4 Å². The number of carbonyl (C=O) groups excluding carboxylic acids is 1. The molecule has 2 aliphatic heterocycles. The average Bonchev–Trinajstić information content (AvgIpc) is 3.61. The van der Waals surface area contributed by atoms with Gasteiger partial charge in [-0.25, -0.2) is 14.6 Å². The van der Waals surface area contributed by atoms with Crippen LogP contribution in [0.5, 0.6) is 5.75 Å². The summed E-state index contributed by atoms with van der Waals surface area (Å²) in [6.45, 7) is 2.75. The van der Waals surface area contributed by atoms with Gasteiger partial charge < -0.3 is 23.9 Å². The van der Waals surface area contributed by atoms with Gasteiger partial charge in [-0.2, -0.15) is 26.3 Å². The van der Waals surface area contributed by atoms with Crippen LogP contribution in [0.1, 0.15) is 52.4 Å². The maximum atomic E-state index is 13.6. The van der Waals surface area contributed by atoms with E-state index >= 15 is 0 Å². The molecule has 1 N–H and O–H groups in total. The number of rotatable bonds is 8. The Morgan fingerprint density at radius 1 is 0.958 bits per heavy atom. The smallest absolute Gasteiger partial charge is 0.416 e. The number of furan rings is 1. The number of hydrogen-bond donors (Lipinski definition) is 1. The Kier molecular flexibility index (Phi) is 8.25. The maximum Gasteiger partial charge on any atom is 0.416 e. The van der Waals surface area contributed by atoms with Crippen LogP contribution in [0.2, 0.25) is 0 Å². The van der Waals surface area contributed by atoms with E-state index in [1.807, 2.05) is 4.90 Å². The van der Waals surface area contributed by atoms with Crippen molar-refractivity contribution in [3.8, 4) is 28.2 Å². The van der Waals surface area contributed by atoms with Crippen LogP contribution in [0.15, 0.2) is 65.1 Å². The third kappa shape index (κ3) is 6.23. The molecule has 0 radical (unpaired) electrons. The number of hydrogen-bond acceptors (Lipinski definition) is 7. The minimum Gasteiger partial charge on any atom is -0.496 e. The lowest BCUT2D eigenvalue weighted by atomic mass is 9.96. The second kappa shape index (κ2) is 12.1. The van der Waals surface area contributed by atoms with Crippen LogP contribution in [0.3, 0.4) is 0 Å². The lowest BCUT2D eigenvalue weighted by Gasteiger charge is -2.33. The van der Waals surface area contributed by atoms with Gasteiger partial charge in [-0.15, -0.1) is 0 Å². The predicted octanol–water partition coefficient (Wildman–Crippen LogP) is 8.05. The van der Waals surface area contributed by atoms with Crippen molar-refractivity contribution in [3.05, 3.63) is 88.8 Å². The fourth-order valence-electron chi connectivity index (χ4n) is 5.72. The molecule has 0 spiro atoms. The first kappa shape index (κ1) is 32.7. The number of pyridine rings is 1. The zero-order valence-electron chi connectivity index (χ0n) is 25.4. The number of anilines is 1. The summed E-state index contributed by atoms with van der Waals surface area (Å²) in [7, 11) is 1.45. The number of benzene rings is 2. The van der Waals surface area contributed by atoms with E-state index in [2.05, 4.69) is 0 Å². The standard InChI is InChI=1S/C33H27F6N3O6/c1-17-29(19-12-20(32(34,35)36)15-21(13-19)33(37,38)39)48-31(45)42(17)16-24-22(5-9-28(40-24)41-10-3-11-41)23-14-18(4-6-26(23)46-2)25-7-8-27(47-25)30(43)44/h4-9,12-15,17,29H,3,10-11,16H2,1-2H3,(H,43,44)/t17-,29-/m0/s1. The molecule has 2 aliphatic rings. The number of methoxy groups -OCH3 is 1. The van der Waals surface area contributed by atoms with Gasteiger partial charge in [0.25, 0.3) is 0 Å². The molecule has 9 nitrogen and oxygen atoms in total. The van der Waals surface area contributed by atoms with Crippen LogP contribution in [0.4, 0.5) is 37.0 Å². The first-order chi connectivity index (χ1) is 22.6. The molecule has 4 aromatic rings. The first-order valence-corrected chi connectivity index (χ1v) is 14.7. The number of aromatic carboxylic acids is 1. The van der Waals surface area contributed by atoms with Gasteiger partial charge in [0.2, 0.25) is 5.76 Å². The highest BCUT2D eigenvalue weighted by molar-refractivity contribution is 5.86. The molecular formula is C33H27F6N3O6. The summed E-state index contributed by atoms with van der Waals surface area (Å²) in [5.74, 6) is -0.226. The molecule has 2 saturated heterocycles. The summed E-state index contributed by atoms with van der Waals surface area (Å²) in [6, 6.07) is 11.5. The largest absolute Gasteiger partial charge is 0.496 e. The van der Waals surface area contributed by atoms with Gasteiger partial charge in [-0.3, -0.25) is 4.90 Å². The fraction of sp³-hybridized carbons (Fsp3) is 0.303. The summed E-state index contributed by atoms with van der Waals surface area (Å²) in [6.07, 6.45) is -11.6. The summed E-state index contributed by atoms with van der Waals surface area (Å²) >= 11 is 0. The van der Waals surface area contributed by atoms with E-state index in [1.165, 1.54) is 31.1 Å². The Balaban J connectivity index is 1.39. The molecule has 1 amide bonds. The third-order valence-electron chi connectivity index (χ3n) is 8.38. The van der Waals surface area contributed by atoms with E-state index in [9.17, 15) is 41.0 Å². The number of aromatic nitrogens is 1. The highest BCUT2D eigenvalue weighted by atomic mass is 19.4. The van der Waals surface area contributed by atoms with Crippen LogP contribution in [-0.2, 0) is 23.6 Å². The minimum atomic E-state index is -5.07. The van der Waals surface area contributed by atoms with E-state index in [-0.39, 0.29) is 24.1 Å². The van der Waals surface area contributed by atoms with E-state index in [0.717, 1.165) is 19.5 Å². The van der Waals surface area contributed by atoms with Crippen molar-refractivity contribution < 1.29 is 54.9 Å². The van der Waals surface area contributed by atoms with E-state index < -0.39 is 53.3 Å². The SMILES string of the molecule is COc1ccc(-c2ccc(C(=O)O)o2)cc1-c1ccc(N2CCC2)nc1CN1C(=O)O[C@H](c2cc(C(F)(F)F)cc(C(F)(F)F)c2)[C@@H]1C. The topological polar surface area (TPSA) is 105 Å². The van der Waals surface area contributed by atoms with Crippen LogP contribution < -0.4 is 9.64 Å². The highest BCUT2D eigenvalue weighted by Gasteiger charge is 2.43. The molecule has 6 rings (SSSR count). The number of ether oxygens (including phenoxy) is 2. The molecule has 15 heteroatoms. The first-order valence-electron chi connectivity index (χ1n) is 14.7. The minimum absolute atomic E-state index is 0.0207. The van der Waals surface area contributed by atoms with Crippen LogP contribution in [-0.4, -0.2) is 53.3 Å². The van der Waals surface area contributed by atoms with Crippen LogP contribution >= 0.6 is 0 Å². The molecule has 2 aromatic carbocycles. The third-order valence-corrected chi connectivity index (χ3v) is 8.38. The molecule has 0 unspecified atom stereocenters. The molecule has 0 saturated carbocycles. The van der Waals surface area contributed by atoms with E-state index in [0.29, 0.717) is 46.1 Å². The number of amides is 1. The average molecular weight is 676 g/mol. The molecule has 2 aromatic heterocycles. The Morgan fingerprint density at radius 2 is 1.65 bits per heavy atom. The maximum absolute atomic E-state index is 13.6. The Bertz CT molecular complexity index is 1850. The molecule has 0 aliphatic carbocycles. The fourth-order valence-corrected chi connectivity index (χ4v) is 5.72. The van der Waals surface area contributed by atoms with Gasteiger partial charge in [0.1, 0.15) is 23.4 Å². The number of nitrogens with zero attached hydrogens (tertiary/aromatic N) is 3. The zero-order valence-corrected chi connectivity index (χ0v) is 25.4. The number of carboxylic acid groups (broad SMARTS) is 1. The van der Waals surface area contributed by atoms with E-state index in [1.54, 1.807) is 30.3 Å². The Hall–Kier alpha value is -5.21. The second-order valence-corrected chi connectivity index (χ2v) is 11.4. The molecule has 0 bridgehead atoms. The Morgan fingerprint density at radius 3 is 2.21 bits per heavy atom. The quantitative estimate of drug-likeness (QED) is 0.187. The predicted molar refractivity (Wildman–Crippen MR) is 158 cm³/mol. The zero-order chi connectivity index (χ0) is 34.5. The summed E-state index contributed by atoms with van der Waals surface area (Å²) in [5, 5.41) is 9.29. The van der Waals surface area contributed by atoms with Crippen molar-refractivity contribution in [1.29, 1.82) is 0 Å². The number of carboxylic acids is 1. The normalized spacial score (nSPS) is 18.1. The molecule has 252 valence electrons. The monoisotopic (exact) mass is 675 g/mol. The van der Waals surface area contributed by atoms with Crippen molar-refractivity contribution in [1.82, 2.24) is 9.88 Å². The lowest BCUT2D eigenvalue weighted by molar-refractivity contribution is -0.143. The molecule has 48 heavy (non-hydrogen) atoms. The van der Waals surface area contributed by atoms with Gasteiger partial charge in [0.05, 0.1) is 36.5 Å². The van der Waals surface area contributed by atoms with Gasteiger partial charge in [0.15, 0.2) is 0 Å². The summed E-state index contributed by atoms with van der Waals surface area (Å²) < 4.78 is 98.1. The molecule has 2 atom stereocenters. The van der Waals surface area contributed by atoms with E-state index in [4.69, 9.17) is 18.9 Å². The van der Waals surface area contributed by atoms with Crippen LogP contribution in [0, 0.1) is 0 Å². The van der Waals surface area contributed by atoms with Gasteiger partial charge in [0, 0.05) is 29.8 Å². The highest BCUT2D eigenvalue weighted by Crippen LogP contribution is 2.43. The van der Waals surface area contributed by atoms with Crippen LogP contribution in [0.25, 0.3) is 22.5 Å². The molecular weight excluding hydrogens is 648 g/mol. The van der Waals surface area contributed by atoms with Crippen molar-refractivity contribution in [3.63, 3.8) is 0 Å². The summed E-state index contributed by atoms with van der Waals surface area (Å²) in [5.41, 5.74) is -1.61. The van der Waals surface area contributed by atoms with Gasteiger partial charge in [-0.1, -0.05) is 0 Å². The number of halogens is 6. The van der Waals surface area contributed by atoms with Gasteiger partial charge >= 0.3 is 24.4 Å².